The molecule has 0 bridgehead atoms. The standard InChI is InChI=1S/C46H38N2P2/c1-33-31-35-19-15-17-29-41(35)43(45(33)47-49(37-21-7-3-8-22-37)38-23-9-4-10-24-38)44-42-30-18-16-20-36(42)32-34(2)46(44)48-50(39-25-11-5-12-26-39)40-27-13-6-14-28-40/h3-32,47-48H,1-2H3. The lowest BCUT2D eigenvalue weighted by molar-refractivity contribution is 1.47. The normalized spacial score (nSPS) is 11.4. The first kappa shape index (κ1) is 32.0. The summed E-state index contributed by atoms with van der Waals surface area (Å²) in [6.45, 7) is 4.52. The molecule has 0 atom stereocenters. The fourth-order valence-corrected chi connectivity index (χ4v) is 10.9. The SMILES string of the molecule is Cc1cc2ccccc2c(-c2c(NP(c3ccccc3)c3ccccc3)c(C)cc3ccccc23)c1NP(c1ccccc1)c1ccccc1. The van der Waals surface area contributed by atoms with Gasteiger partial charge in [0.05, 0.1) is 16.1 Å². The lowest BCUT2D eigenvalue weighted by atomic mass is 9.88. The van der Waals surface area contributed by atoms with Gasteiger partial charge in [-0.05, 0) is 58.7 Å². The first-order valence-corrected chi connectivity index (χ1v) is 19.7. The predicted octanol–water partition coefficient (Wildman–Crippen LogP) is 11.2. The Kier molecular flexibility index (Phi) is 9.15. The molecule has 0 radical (unpaired) electrons. The van der Waals surface area contributed by atoms with Crippen LogP contribution in [0.4, 0.5) is 11.4 Å². The Morgan fingerprint density at radius 3 is 0.940 bits per heavy atom. The van der Waals surface area contributed by atoms with Crippen LogP contribution in [0.25, 0.3) is 32.7 Å². The molecule has 50 heavy (non-hydrogen) atoms. The Hall–Kier alpha value is -5.26. The molecule has 0 aliphatic rings. The third kappa shape index (κ3) is 6.30. The van der Waals surface area contributed by atoms with E-state index in [0.29, 0.717) is 0 Å². The molecule has 0 amide bonds. The second-order valence-corrected chi connectivity index (χ2v) is 16.4. The number of anilines is 2. The van der Waals surface area contributed by atoms with Crippen LogP contribution in [0.2, 0.25) is 0 Å². The van der Waals surface area contributed by atoms with Crippen LogP contribution in [-0.2, 0) is 0 Å². The summed E-state index contributed by atoms with van der Waals surface area (Å²) in [6.07, 6.45) is 0. The Bertz CT molecular complexity index is 2140. The molecule has 2 N–H and O–H groups in total. The van der Waals surface area contributed by atoms with E-state index < -0.39 is 16.1 Å². The number of aryl methyl sites for hydroxylation is 2. The number of hydrogen-bond donors (Lipinski definition) is 2. The molecule has 0 fully saturated rings. The molecule has 0 saturated heterocycles. The van der Waals surface area contributed by atoms with Gasteiger partial charge in [-0.25, -0.2) is 0 Å². The minimum Gasteiger partial charge on any atom is -0.356 e. The van der Waals surface area contributed by atoms with Crippen molar-refractivity contribution < 1.29 is 0 Å². The van der Waals surface area contributed by atoms with E-state index >= 15 is 0 Å². The molecule has 0 aliphatic heterocycles. The van der Waals surface area contributed by atoms with Crippen molar-refractivity contribution in [2.75, 3.05) is 10.2 Å². The molecule has 0 unspecified atom stereocenters. The smallest absolute Gasteiger partial charge is 0.0523 e. The van der Waals surface area contributed by atoms with E-state index in [-0.39, 0.29) is 0 Å². The second kappa shape index (κ2) is 14.3. The highest BCUT2D eigenvalue weighted by Crippen LogP contribution is 2.51. The van der Waals surface area contributed by atoms with Crippen molar-refractivity contribution in [2.45, 2.75) is 13.8 Å². The van der Waals surface area contributed by atoms with Crippen molar-refractivity contribution in [3.05, 3.63) is 193 Å². The van der Waals surface area contributed by atoms with Crippen LogP contribution in [-0.4, -0.2) is 0 Å². The van der Waals surface area contributed by atoms with Gasteiger partial charge in [-0.1, -0.05) is 170 Å². The second-order valence-electron chi connectivity index (χ2n) is 12.6. The highest BCUT2D eigenvalue weighted by atomic mass is 31.1. The molecule has 2 nitrogen and oxygen atoms in total. The van der Waals surface area contributed by atoms with Crippen molar-refractivity contribution in [1.29, 1.82) is 0 Å². The van der Waals surface area contributed by atoms with Crippen LogP contribution in [0.3, 0.4) is 0 Å². The number of fused-ring (bicyclic) bond motifs is 2. The Morgan fingerprint density at radius 1 is 0.340 bits per heavy atom. The summed E-state index contributed by atoms with van der Waals surface area (Å²) < 4.78 is 0. The minimum atomic E-state index is -0.921. The van der Waals surface area contributed by atoms with Crippen LogP contribution in [0, 0.1) is 13.8 Å². The van der Waals surface area contributed by atoms with Crippen LogP contribution in [0.15, 0.2) is 182 Å². The fourth-order valence-electron chi connectivity index (χ4n) is 6.87. The molecule has 8 rings (SSSR count). The molecule has 0 aromatic heterocycles. The van der Waals surface area contributed by atoms with E-state index in [0.717, 1.165) is 0 Å². The van der Waals surface area contributed by atoms with E-state index in [2.05, 4.69) is 206 Å². The zero-order valence-electron chi connectivity index (χ0n) is 28.2. The van der Waals surface area contributed by atoms with Gasteiger partial charge >= 0.3 is 0 Å². The summed E-state index contributed by atoms with van der Waals surface area (Å²) in [5, 5.41) is 18.5. The molecular formula is C46H38N2P2. The van der Waals surface area contributed by atoms with Gasteiger partial charge in [0.1, 0.15) is 0 Å². The van der Waals surface area contributed by atoms with Crippen molar-refractivity contribution in [2.24, 2.45) is 0 Å². The summed E-state index contributed by atoms with van der Waals surface area (Å²) in [7, 11) is -1.84. The number of benzene rings is 8. The van der Waals surface area contributed by atoms with E-state index in [1.807, 2.05) is 0 Å². The maximum Gasteiger partial charge on any atom is 0.0523 e. The summed E-state index contributed by atoms with van der Waals surface area (Å²) in [5.74, 6) is 0. The molecule has 8 aromatic carbocycles. The highest BCUT2D eigenvalue weighted by molar-refractivity contribution is 7.74. The predicted molar refractivity (Wildman–Crippen MR) is 222 cm³/mol. The summed E-state index contributed by atoms with van der Waals surface area (Å²) in [6, 6.07) is 66.0. The zero-order valence-corrected chi connectivity index (χ0v) is 30.0. The van der Waals surface area contributed by atoms with Crippen molar-refractivity contribution in [1.82, 2.24) is 0 Å². The van der Waals surface area contributed by atoms with Gasteiger partial charge < -0.3 is 10.2 Å². The lowest BCUT2D eigenvalue weighted by Gasteiger charge is -2.29. The molecule has 0 spiro atoms. The third-order valence-electron chi connectivity index (χ3n) is 9.25. The highest BCUT2D eigenvalue weighted by Gasteiger charge is 2.25. The molecule has 0 heterocycles. The summed E-state index contributed by atoms with van der Waals surface area (Å²) >= 11 is 0. The van der Waals surface area contributed by atoms with Crippen molar-refractivity contribution >= 4 is 70.3 Å². The van der Waals surface area contributed by atoms with Gasteiger partial charge in [0.2, 0.25) is 0 Å². The summed E-state index contributed by atoms with van der Waals surface area (Å²) in [5.41, 5.74) is 7.26. The van der Waals surface area contributed by atoms with Gasteiger partial charge in [0, 0.05) is 43.7 Å². The van der Waals surface area contributed by atoms with Gasteiger partial charge in [0.15, 0.2) is 0 Å². The van der Waals surface area contributed by atoms with Gasteiger partial charge in [-0.2, -0.15) is 0 Å². The average Bonchev–Trinajstić information content (AvgIpc) is 3.17. The fraction of sp³-hybridized carbons (Fsp3) is 0.0435. The lowest BCUT2D eigenvalue weighted by Crippen LogP contribution is -2.19. The van der Waals surface area contributed by atoms with Crippen LogP contribution >= 0.6 is 16.1 Å². The zero-order chi connectivity index (χ0) is 33.9. The maximum atomic E-state index is 4.21. The Balaban J connectivity index is 1.42. The number of hydrogen-bond acceptors (Lipinski definition) is 2. The Morgan fingerprint density at radius 2 is 0.620 bits per heavy atom. The van der Waals surface area contributed by atoms with Gasteiger partial charge in [-0.15, -0.1) is 0 Å². The first-order chi connectivity index (χ1) is 24.7. The van der Waals surface area contributed by atoms with E-state index in [9.17, 15) is 0 Å². The molecule has 242 valence electrons. The minimum absolute atomic E-state index is 0.921. The van der Waals surface area contributed by atoms with E-state index in [4.69, 9.17) is 0 Å². The molecule has 8 aromatic rings. The molecule has 0 aliphatic carbocycles. The van der Waals surface area contributed by atoms with E-state index in [1.165, 1.54) is 76.4 Å². The largest absolute Gasteiger partial charge is 0.356 e. The topological polar surface area (TPSA) is 24.1 Å². The average molecular weight is 681 g/mol. The van der Waals surface area contributed by atoms with Crippen LogP contribution < -0.4 is 31.4 Å². The third-order valence-corrected chi connectivity index (χ3v) is 13.4. The molecule has 0 saturated carbocycles. The van der Waals surface area contributed by atoms with Crippen molar-refractivity contribution in [3.8, 4) is 11.1 Å². The Labute approximate surface area is 297 Å². The number of rotatable bonds is 9. The van der Waals surface area contributed by atoms with Gasteiger partial charge in [0.25, 0.3) is 0 Å². The number of nitrogens with one attached hydrogen (secondary N) is 2. The molecular weight excluding hydrogens is 642 g/mol. The summed E-state index contributed by atoms with van der Waals surface area (Å²) in [4.78, 5) is 0. The molecule has 4 heteroatoms. The monoisotopic (exact) mass is 680 g/mol. The van der Waals surface area contributed by atoms with E-state index in [1.54, 1.807) is 0 Å². The van der Waals surface area contributed by atoms with Crippen LogP contribution in [0.5, 0.6) is 0 Å². The quantitative estimate of drug-likeness (QED) is 0.148. The van der Waals surface area contributed by atoms with Crippen molar-refractivity contribution in [3.63, 3.8) is 0 Å². The first-order valence-electron chi connectivity index (χ1n) is 17.0. The maximum absolute atomic E-state index is 4.21. The van der Waals surface area contributed by atoms with Crippen LogP contribution in [0.1, 0.15) is 11.1 Å². The van der Waals surface area contributed by atoms with Gasteiger partial charge in [-0.3, -0.25) is 0 Å².